The Morgan fingerprint density at radius 1 is 1.18 bits per heavy atom. The summed E-state index contributed by atoms with van der Waals surface area (Å²) in [4.78, 5) is 6.73. The number of hydrogen-bond donors (Lipinski definition) is 0. The zero-order valence-electron chi connectivity index (χ0n) is 12.4. The Morgan fingerprint density at radius 3 is 2.73 bits per heavy atom. The third kappa shape index (κ3) is 2.60. The first kappa shape index (κ1) is 14.1. The van der Waals surface area contributed by atoms with Gasteiger partial charge in [-0.05, 0) is 23.8 Å². The maximum absolute atomic E-state index is 13.8. The fraction of sp³-hybridized carbons (Fsp3) is 0.471. The maximum atomic E-state index is 13.8. The van der Waals surface area contributed by atoms with E-state index in [1.165, 1.54) is 6.07 Å². The highest BCUT2D eigenvalue weighted by Crippen LogP contribution is 2.32. The van der Waals surface area contributed by atoms with Crippen LogP contribution in [0, 0.1) is 5.82 Å². The molecule has 0 amide bonds. The first-order valence-corrected chi connectivity index (χ1v) is 7.78. The standard InChI is InChI=1S/C17H19FN2O2/c18-15-10-13-2-1-5-19-16(13)14(11-15)12-20-6-3-17(4-7-20)21-8-9-22-17/h1-2,5,10-11H,3-4,6-9,12H2. The molecule has 1 aromatic carbocycles. The predicted octanol–water partition coefficient (Wildman–Crippen LogP) is 2.71. The molecule has 0 saturated carbocycles. The van der Waals surface area contributed by atoms with Crippen LogP contribution in [0.4, 0.5) is 4.39 Å². The number of fused-ring (bicyclic) bond motifs is 1. The average molecular weight is 302 g/mol. The lowest BCUT2D eigenvalue weighted by Gasteiger charge is -2.37. The molecule has 0 aliphatic carbocycles. The lowest BCUT2D eigenvalue weighted by Crippen LogP contribution is -2.44. The highest BCUT2D eigenvalue weighted by molar-refractivity contribution is 5.81. The molecular weight excluding hydrogens is 283 g/mol. The van der Waals surface area contributed by atoms with Gasteiger partial charge in [0.2, 0.25) is 0 Å². The fourth-order valence-corrected chi connectivity index (χ4v) is 3.43. The summed E-state index contributed by atoms with van der Waals surface area (Å²) in [6.07, 6.45) is 3.50. The van der Waals surface area contributed by atoms with Crippen LogP contribution in [-0.4, -0.2) is 42.0 Å². The molecule has 116 valence electrons. The number of aromatic nitrogens is 1. The summed E-state index contributed by atoms with van der Waals surface area (Å²) < 4.78 is 25.3. The van der Waals surface area contributed by atoms with Crippen LogP contribution in [0.3, 0.4) is 0 Å². The Kier molecular flexibility index (Phi) is 3.56. The maximum Gasteiger partial charge on any atom is 0.170 e. The van der Waals surface area contributed by atoms with E-state index in [4.69, 9.17) is 9.47 Å². The lowest BCUT2D eigenvalue weighted by atomic mass is 10.0. The van der Waals surface area contributed by atoms with Crippen molar-refractivity contribution < 1.29 is 13.9 Å². The molecule has 0 unspecified atom stereocenters. The predicted molar refractivity (Wildman–Crippen MR) is 80.8 cm³/mol. The summed E-state index contributed by atoms with van der Waals surface area (Å²) in [6.45, 7) is 3.88. The normalized spacial score (nSPS) is 21.7. The van der Waals surface area contributed by atoms with Crippen molar-refractivity contribution >= 4 is 10.9 Å². The summed E-state index contributed by atoms with van der Waals surface area (Å²) in [6, 6.07) is 6.88. The topological polar surface area (TPSA) is 34.6 Å². The van der Waals surface area contributed by atoms with Gasteiger partial charge in [0.05, 0.1) is 18.7 Å². The lowest BCUT2D eigenvalue weighted by molar-refractivity contribution is -0.185. The molecule has 2 aliphatic rings. The van der Waals surface area contributed by atoms with Gasteiger partial charge in [0, 0.05) is 44.1 Å². The number of piperidine rings is 1. The molecule has 0 atom stereocenters. The van der Waals surface area contributed by atoms with E-state index < -0.39 is 0 Å². The summed E-state index contributed by atoms with van der Waals surface area (Å²) in [5.74, 6) is -0.565. The first-order chi connectivity index (χ1) is 10.7. The molecular formula is C17H19FN2O2. The van der Waals surface area contributed by atoms with Gasteiger partial charge in [-0.3, -0.25) is 9.88 Å². The molecule has 22 heavy (non-hydrogen) atoms. The van der Waals surface area contributed by atoms with E-state index >= 15 is 0 Å². The molecule has 1 spiro atoms. The minimum Gasteiger partial charge on any atom is -0.347 e. The molecule has 4 nitrogen and oxygen atoms in total. The molecule has 0 bridgehead atoms. The number of hydrogen-bond acceptors (Lipinski definition) is 4. The van der Waals surface area contributed by atoms with Gasteiger partial charge in [-0.1, -0.05) is 6.07 Å². The molecule has 2 aromatic rings. The van der Waals surface area contributed by atoms with Crippen LogP contribution in [-0.2, 0) is 16.0 Å². The average Bonchev–Trinajstić information content (AvgIpc) is 2.98. The Hall–Kier alpha value is -1.56. The van der Waals surface area contributed by atoms with Crippen LogP contribution in [0.1, 0.15) is 18.4 Å². The van der Waals surface area contributed by atoms with Gasteiger partial charge in [-0.25, -0.2) is 4.39 Å². The van der Waals surface area contributed by atoms with Crippen molar-refractivity contribution in [1.29, 1.82) is 0 Å². The Balaban J connectivity index is 1.52. The number of halogens is 1. The van der Waals surface area contributed by atoms with E-state index in [2.05, 4.69) is 9.88 Å². The molecule has 4 rings (SSSR count). The Morgan fingerprint density at radius 2 is 1.95 bits per heavy atom. The van der Waals surface area contributed by atoms with Gasteiger partial charge < -0.3 is 9.47 Å². The van der Waals surface area contributed by atoms with Crippen molar-refractivity contribution in [2.24, 2.45) is 0 Å². The second-order valence-corrected chi connectivity index (χ2v) is 6.02. The Bertz CT molecular complexity index is 675. The van der Waals surface area contributed by atoms with E-state index in [9.17, 15) is 4.39 Å². The number of ether oxygens (including phenoxy) is 2. The molecule has 5 heteroatoms. The quantitative estimate of drug-likeness (QED) is 0.854. The first-order valence-electron chi connectivity index (χ1n) is 7.78. The molecule has 2 saturated heterocycles. The van der Waals surface area contributed by atoms with E-state index in [0.29, 0.717) is 19.8 Å². The van der Waals surface area contributed by atoms with Gasteiger partial charge in [0.1, 0.15) is 5.82 Å². The van der Waals surface area contributed by atoms with E-state index in [0.717, 1.165) is 42.4 Å². The summed E-state index contributed by atoms with van der Waals surface area (Å²) >= 11 is 0. The minimum absolute atomic E-state index is 0.202. The van der Waals surface area contributed by atoms with Crippen LogP contribution < -0.4 is 0 Å². The molecule has 0 N–H and O–H groups in total. The summed E-state index contributed by atoms with van der Waals surface area (Å²) in [5.41, 5.74) is 1.83. The number of pyridine rings is 1. The largest absolute Gasteiger partial charge is 0.347 e. The van der Waals surface area contributed by atoms with Gasteiger partial charge >= 0.3 is 0 Å². The highest BCUT2D eigenvalue weighted by Gasteiger charge is 2.39. The van der Waals surface area contributed by atoms with Crippen molar-refractivity contribution in [3.05, 3.63) is 41.8 Å². The van der Waals surface area contributed by atoms with Crippen molar-refractivity contribution in [1.82, 2.24) is 9.88 Å². The zero-order valence-corrected chi connectivity index (χ0v) is 12.4. The van der Waals surface area contributed by atoms with Crippen LogP contribution in [0.25, 0.3) is 10.9 Å². The number of rotatable bonds is 2. The van der Waals surface area contributed by atoms with Gasteiger partial charge in [-0.15, -0.1) is 0 Å². The SMILES string of the molecule is Fc1cc(CN2CCC3(CC2)OCCO3)c2ncccc2c1. The molecule has 2 fully saturated rings. The fourth-order valence-electron chi connectivity index (χ4n) is 3.43. The van der Waals surface area contributed by atoms with Crippen molar-refractivity contribution in [3.8, 4) is 0 Å². The number of benzene rings is 1. The third-order valence-corrected chi connectivity index (χ3v) is 4.57. The van der Waals surface area contributed by atoms with Crippen LogP contribution >= 0.6 is 0 Å². The van der Waals surface area contributed by atoms with Crippen molar-refractivity contribution in [3.63, 3.8) is 0 Å². The summed E-state index contributed by atoms with van der Waals surface area (Å²) in [7, 11) is 0. The Labute approximate surface area is 128 Å². The van der Waals surface area contributed by atoms with Gasteiger partial charge in [-0.2, -0.15) is 0 Å². The smallest absolute Gasteiger partial charge is 0.170 e. The zero-order chi connectivity index (χ0) is 15.0. The number of likely N-dealkylation sites (tertiary alicyclic amines) is 1. The van der Waals surface area contributed by atoms with E-state index in [1.54, 1.807) is 12.3 Å². The minimum atomic E-state index is -0.362. The van der Waals surface area contributed by atoms with Crippen LogP contribution in [0.15, 0.2) is 30.5 Å². The molecule has 1 aromatic heterocycles. The van der Waals surface area contributed by atoms with Crippen LogP contribution in [0.5, 0.6) is 0 Å². The molecule has 0 radical (unpaired) electrons. The summed E-state index contributed by atoms with van der Waals surface area (Å²) in [5, 5.41) is 0.855. The van der Waals surface area contributed by atoms with E-state index in [-0.39, 0.29) is 11.6 Å². The third-order valence-electron chi connectivity index (χ3n) is 4.57. The van der Waals surface area contributed by atoms with Crippen LogP contribution in [0.2, 0.25) is 0 Å². The van der Waals surface area contributed by atoms with Gasteiger partial charge in [0.25, 0.3) is 0 Å². The molecule has 2 aliphatic heterocycles. The highest BCUT2D eigenvalue weighted by atomic mass is 19.1. The van der Waals surface area contributed by atoms with E-state index in [1.807, 2.05) is 12.1 Å². The van der Waals surface area contributed by atoms with Crippen molar-refractivity contribution in [2.75, 3.05) is 26.3 Å². The molecule has 3 heterocycles. The van der Waals surface area contributed by atoms with Gasteiger partial charge in [0.15, 0.2) is 5.79 Å². The second-order valence-electron chi connectivity index (χ2n) is 6.02. The second kappa shape index (κ2) is 5.57. The number of nitrogens with zero attached hydrogens (tertiary/aromatic N) is 2. The van der Waals surface area contributed by atoms with Crippen molar-refractivity contribution in [2.45, 2.75) is 25.2 Å². The monoisotopic (exact) mass is 302 g/mol.